The highest BCUT2D eigenvalue weighted by Crippen LogP contribution is 2.09. The number of ether oxygens (including phenoxy) is 1. The molecule has 0 bridgehead atoms. The highest BCUT2D eigenvalue weighted by atomic mass is 16.5. The standard InChI is InChI=1S/C16H25N3O3/c1-3-4-9-17-12-15(20)19-14-7-5-13(6-8-14)16(21)18-10-11-22-2/h5-8,17H,3-4,9-12H2,1-2H3,(H,18,21)(H,19,20). The first kappa shape index (κ1) is 18.1. The van der Waals surface area contributed by atoms with Gasteiger partial charge in [0, 0.05) is 24.9 Å². The molecule has 0 fully saturated rings. The summed E-state index contributed by atoms with van der Waals surface area (Å²) in [5.41, 5.74) is 1.23. The number of rotatable bonds is 10. The average Bonchev–Trinajstić information content (AvgIpc) is 2.52. The van der Waals surface area contributed by atoms with Crippen molar-refractivity contribution >= 4 is 17.5 Å². The number of carbonyl (C=O) groups excluding carboxylic acids is 2. The summed E-state index contributed by atoms with van der Waals surface area (Å²) in [6, 6.07) is 6.80. The molecule has 0 unspecified atom stereocenters. The molecule has 122 valence electrons. The summed E-state index contributed by atoms with van der Waals surface area (Å²) in [5, 5.41) is 8.60. The fourth-order valence-electron chi connectivity index (χ4n) is 1.78. The van der Waals surface area contributed by atoms with Crippen molar-refractivity contribution in [2.24, 2.45) is 0 Å². The SMILES string of the molecule is CCCCNCC(=O)Nc1ccc(C(=O)NCCOC)cc1. The van der Waals surface area contributed by atoms with Crippen LogP contribution in [0.5, 0.6) is 0 Å². The highest BCUT2D eigenvalue weighted by molar-refractivity contribution is 5.96. The van der Waals surface area contributed by atoms with Gasteiger partial charge in [0.2, 0.25) is 5.91 Å². The molecule has 3 N–H and O–H groups in total. The van der Waals surface area contributed by atoms with E-state index in [-0.39, 0.29) is 11.8 Å². The van der Waals surface area contributed by atoms with Crippen LogP contribution in [0.2, 0.25) is 0 Å². The summed E-state index contributed by atoms with van der Waals surface area (Å²) in [4.78, 5) is 23.5. The fraction of sp³-hybridized carbons (Fsp3) is 0.500. The number of unbranched alkanes of at least 4 members (excludes halogenated alkanes) is 1. The summed E-state index contributed by atoms with van der Waals surface area (Å²) in [5.74, 6) is -0.246. The van der Waals surface area contributed by atoms with Crippen LogP contribution < -0.4 is 16.0 Å². The zero-order chi connectivity index (χ0) is 16.2. The van der Waals surface area contributed by atoms with Gasteiger partial charge in [0.05, 0.1) is 13.2 Å². The number of nitrogens with one attached hydrogen (secondary N) is 3. The van der Waals surface area contributed by atoms with Crippen LogP contribution in [-0.2, 0) is 9.53 Å². The zero-order valence-electron chi connectivity index (χ0n) is 13.3. The molecule has 0 aliphatic carbocycles. The molecule has 0 atom stereocenters. The second-order valence-electron chi connectivity index (χ2n) is 4.90. The Morgan fingerprint density at radius 1 is 1.14 bits per heavy atom. The van der Waals surface area contributed by atoms with Gasteiger partial charge < -0.3 is 20.7 Å². The van der Waals surface area contributed by atoms with Crippen molar-refractivity contribution in [1.82, 2.24) is 10.6 Å². The third-order valence-electron chi connectivity index (χ3n) is 3.02. The molecular formula is C16H25N3O3. The van der Waals surface area contributed by atoms with E-state index in [0.717, 1.165) is 19.4 Å². The zero-order valence-corrected chi connectivity index (χ0v) is 13.3. The van der Waals surface area contributed by atoms with Crippen LogP contribution in [0.15, 0.2) is 24.3 Å². The predicted molar refractivity (Wildman–Crippen MR) is 87.1 cm³/mol. The van der Waals surface area contributed by atoms with Gasteiger partial charge in [-0.05, 0) is 37.2 Å². The maximum atomic E-state index is 11.8. The molecule has 6 heteroatoms. The van der Waals surface area contributed by atoms with E-state index in [1.54, 1.807) is 31.4 Å². The molecule has 2 amide bonds. The molecule has 0 heterocycles. The van der Waals surface area contributed by atoms with Gasteiger partial charge in [0.15, 0.2) is 0 Å². The van der Waals surface area contributed by atoms with Crippen LogP contribution in [0.4, 0.5) is 5.69 Å². The van der Waals surface area contributed by atoms with Gasteiger partial charge in [-0.2, -0.15) is 0 Å². The Balaban J connectivity index is 2.37. The van der Waals surface area contributed by atoms with E-state index in [1.807, 2.05) is 0 Å². The van der Waals surface area contributed by atoms with Crippen LogP contribution >= 0.6 is 0 Å². The lowest BCUT2D eigenvalue weighted by atomic mass is 10.2. The van der Waals surface area contributed by atoms with E-state index in [1.165, 1.54) is 0 Å². The van der Waals surface area contributed by atoms with Crippen molar-refractivity contribution < 1.29 is 14.3 Å². The Kier molecular flexibility index (Phi) is 8.86. The molecule has 6 nitrogen and oxygen atoms in total. The topological polar surface area (TPSA) is 79.5 Å². The fourth-order valence-corrected chi connectivity index (χ4v) is 1.78. The first-order chi connectivity index (χ1) is 10.7. The van der Waals surface area contributed by atoms with Crippen LogP contribution in [0, 0.1) is 0 Å². The molecule has 0 aliphatic heterocycles. The van der Waals surface area contributed by atoms with E-state index >= 15 is 0 Å². The second kappa shape index (κ2) is 10.8. The lowest BCUT2D eigenvalue weighted by Crippen LogP contribution is -2.29. The number of hydrogen-bond acceptors (Lipinski definition) is 4. The summed E-state index contributed by atoms with van der Waals surface area (Å²) in [6.45, 7) is 4.18. The molecule has 0 aromatic heterocycles. The van der Waals surface area contributed by atoms with Crippen molar-refractivity contribution in [2.75, 3.05) is 38.7 Å². The minimum atomic E-state index is -0.156. The highest BCUT2D eigenvalue weighted by Gasteiger charge is 2.06. The van der Waals surface area contributed by atoms with Gasteiger partial charge in [-0.15, -0.1) is 0 Å². The molecule has 0 spiro atoms. The van der Waals surface area contributed by atoms with E-state index in [9.17, 15) is 9.59 Å². The molecule has 0 saturated heterocycles. The van der Waals surface area contributed by atoms with Gasteiger partial charge in [-0.25, -0.2) is 0 Å². The maximum absolute atomic E-state index is 11.8. The maximum Gasteiger partial charge on any atom is 0.251 e. The molecule has 22 heavy (non-hydrogen) atoms. The molecule has 1 aromatic rings. The van der Waals surface area contributed by atoms with Crippen LogP contribution in [0.1, 0.15) is 30.1 Å². The number of anilines is 1. The van der Waals surface area contributed by atoms with Crippen molar-refractivity contribution in [3.63, 3.8) is 0 Å². The molecule has 0 radical (unpaired) electrons. The Labute approximate surface area is 131 Å². The Morgan fingerprint density at radius 3 is 2.50 bits per heavy atom. The van der Waals surface area contributed by atoms with Gasteiger partial charge in [-0.3, -0.25) is 9.59 Å². The van der Waals surface area contributed by atoms with Gasteiger partial charge in [-0.1, -0.05) is 13.3 Å². The number of hydrogen-bond donors (Lipinski definition) is 3. The van der Waals surface area contributed by atoms with E-state index in [4.69, 9.17) is 4.74 Å². The Hall–Kier alpha value is -1.92. The number of benzene rings is 1. The minimum Gasteiger partial charge on any atom is -0.383 e. The van der Waals surface area contributed by atoms with Gasteiger partial charge >= 0.3 is 0 Å². The average molecular weight is 307 g/mol. The third kappa shape index (κ3) is 7.19. The monoisotopic (exact) mass is 307 g/mol. The summed E-state index contributed by atoms with van der Waals surface area (Å²) in [6.07, 6.45) is 2.16. The first-order valence-electron chi connectivity index (χ1n) is 7.55. The lowest BCUT2D eigenvalue weighted by molar-refractivity contribution is -0.115. The van der Waals surface area contributed by atoms with E-state index < -0.39 is 0 Å². The summed E-state index contributed by atoms with van der Waals surface area (Å²) >= 11 is 0. The van der Waals surface area contributed by atoms with Crippen molar-refractivity contribution in [3.05, 3.63) is 29.8 Å². The molecule has 0 saturated carbocycles. The third-order valence-corrected chi connectivity index (χ3v) is 3.02. The summed E-state index contributed by atoms with van der Waals surface area (Å²) < 4.78 is 4.87. The summed E-state index contributed by atoms with van der Waals surface area (Å²) in [7, 11) is 1.58. The smallest absolute Gasteiger partial charge is 0.251 e. The molecule has 0 aliphatic rings. The van der Waals surface area contributed by atoms with E-state index in [0.29, 0.717) is 30.9 Å². The minimum absolute atomic E-state index is 0.0894. The predicted octanol–water partition coefficient (Wildman–Crippen LogP) is 1.39. The van der Waals surface area contributed by atoms with E-state index in [2.05, 4.69) is 22.9 Å². The van der Waals surface area contributed by atoms with Crippen LogP contribution in [-0.4, -0.2) is 45.2 Å². The van der Waals surface area contributed by atoms with Gasteiger partial charge in [0.1, 0.15) is 0 Å². The molecule has 1 rings (SSSR count). The van der Waals surface area contributed by atoms with Crippen molar-refractivity contribution in [3.8, 4) is 0 Å². The first-order valence-corrected chi connectivity index (χ1v) is 7.55. The molecular weight excluding hydrogens is 282 g/mol. The van der Waals surface area contributed by atoms with Crippen molar-refractivity contribution in [2.45, 2.75) is 19.8 Å². The largest absolute Gasteiger partial charge is 0.383 e. The number of amides is 2. The normalized spacial score (nSPS) is 10.3. The Bertz CT molecular complexity index is 460. The van der Waals surface area contributed by atoms with Crippen LogP contribution in [0.25, 0.3) is 0 Å². The Morgan fingerprint density at radius 2 is 1.86 bits per heavy atom. The number of carbonyl (C=O) groups is 2. The molecule has 1 aromatic carbocycles. The second-order valence-corrected chi connectivity index (χ2v) is 4.90. The van der Waals surface area contributed by atoms with Gasteiger partial charge in [0.25, 0.3) is 5.91 Å². The van der Waals surface area contributed by atoms with Crippen molar-refractivity contribution in [1.29, 1.82) is 0 Å². The number of methoxy groups -OCH3 is 1. The lowest BCUT2D eigenvalue weighted by Gasteiger charge is -2.08. The van der Waals surface area contributed by atoms with Crippen LogP contribution in [0.3, 0.4) is 0 Å². The quantitative estimate of drug-likeness (QED) is 0.571.